The number of hydrogen-bond donors (Lipinski definition) is 1. The average molecular weight is 454 g/mol. The molecule has 1 saturated heterocycles. The lowest BCUT2D eigenvalue weighted by molar-refractivity contribution is -0.121. The number of nitrogens with one attached hydrogen (secondary N) is 1. The minimum Gasteiger partial charge on any atom is -0.492 e. The topological polar surface area (TPSA) is 76.8 Å². The fourth-order valence-corrected chi connectivity index (χ4v) is 3.58. The van der Waals surface area contributed by atoms with Crippen LogP contribution in [0.4, 0.5) is 4.39 Å². The van der Waals surface area contributed by atoms with Crippen molar-refractivity contribution in [3.8, 4) is 17.1 Å². The molecule has 8 heteroatoms. The number of benzene rings is 2. The summed E-state index contributed by atoms with van der Waals surface area (Å²) in [5.74, 6) is 1.06. The van der Waals surface area contributed by atoms with E-state index in [1.165, 1.54) is 12.3 Å². The van der Waals surface area contributed by atoms with Gasteiger partial charge >= 0.3 is 0 Å². The van der Waals surface area contributed by atoms with Crippen LogP contribution in [0.25, 0.3) is 11.3 Å². The van der Waals surface area contributed by atoms with E-state index in [4.69, 9.17) is 13.9 Å². The maximum absolute atomic E-state index is 13.9. The van der Waals surface area contributed by atoms with E-state index >= 15 is 0 Å². The quantitative estimate of drug-likeness (QED) is 0.507. The van der Waals surface area contributed by atoms with Crippen molar-refractivity contribution in [3.05, 3.63) is 72.0 Å². The molecular weight excluding hydrogens is 425 g/mol. The van der Waals surface area contributed by atoms with Crippen molar-refractivity contribution in [1.29, 1.82) is 0 Å². The predicted molar refractivity (Wildman–Crippen MR) is 121 cm³/mol. The molecule has 0 bridgehead atoms. The molecular formula is C25H28FN3O4. The Bertz CT molecular complexity index is 1050. The minimum absolute atomic E-state index is 0.112. The van der Waals surface area contributed by atoms with E-state index in [1.807, 2.05) is 24.3 Å². The molecule has 1 aliphatic rings. The molecule has 4 rings (SSSR count). The molecule has 0 radical (unpaired) electrons. The molecule has 0 aliphatic carbocycles. The van der Waals surface area contributed by atoms with Gasteiger partial charge in [-0.15, -0.1) is 0 Å². The zero-order valence-electron chi connectivity index (χ0n) is 18.5. The van der Waals surface area contributed by atoms with Crippen molar-refractivity contribution in [2.24, 2.45) is 0 Å². The summed E-state index contributed by atoms with van der Waals surface area (Å²) in [4.78, 5) is 18.7. The Morgan fingerprint density at radius 3 is 2.85 bits per heavy atom. The zero-order chi connectivity index (χ0) is 22.9. The van der Waals surface area contributed by atoms with Gasteiger partial charge in [0.2, 0.25) is 5.91 Å². The highest BCUT2D eigenvalue weighted by molar-refractivity contribution is 5.76. The number of carbonyl (C=O) groups is 1. The van der Waals surface area contributed by atoms with Gasteiger partial charge in [0.05, 0.1) is 25.0 Å². The van der Waals surface area contributed by atoms with E-state index in [1.54, 1.807) is 18.2 Å². The van der Waals surface area contributed by atoms with Crippen LogP contribution in [0.15, 0.2) is 59.1 Å². The Morgan fingerprint density at radius 1 is 1.15 bits per heavy atom. The maximum atomic E-state index is 13.9. The molecule has 2 heterocycles. The van der Waals surface area contributed by atoms with Crippen LogP contribution < -0.4 is 10.1 Å². The van der Waals surface area contributed by atoms with Crippen molar-refractivity contribution in [2.45, 2.75) is 19.4 Å². The molecule has 1 aliphatic heterocycles. The van der Waals surface area contributed by atoms with Crippen LogP contribution in [0.3, 0.4) is 0 Å². The maximum Gasteiger partial charge on any atom is 0.220 e. The molecule has 174 valence electrons. The predicted octanol–water partition coefficient (Wildman–Crippen LogP) is 3.44. The highest BCUT2D eigenvalue weighted by atomic mass is 19.1. The van der Waals surface area contributed by atoms with Crippen LogP contribution in [0, 0.1) is 5.82 Å². The normalized spacial score (nSPS) is 14.2. The number of hydrogen-bond acceptors (Lipinski definition) is 6. The molecule has 1 N–H and O–H groups in total. The van der Waals surface area contributed by atoms with E-state index < -0.39 is 0 Å². The Balaban J connectivity index is 1.19. The zero-order valence-corrected chi connectivity index (χ0v) is 18.5. The Morgan fingerprint density at radius 2 is 2.00 bits per heavy atom. The van der Waals surface area contributed by atoms with Gasteiger partial charge in [-0.25, -0.2) is 9.37 Å². The largest absolute Gasteiger partial charge is 0.492 e. The number of halogens is 1. The Kier molecular flexibility index (Phi) is 8.05. The summed E-state index contributed by atoms with van der Waals surface area (Å²) in [5, 5.41) is 2.91. The van der Waals surface area contributed by atoms with Crippen molar-refractivity contribution < 1.29 is 23.1 Å². The molecule has 0 saturated carbocycles. The molecule has 2 aromatic carbocycles. The van der Waals surface area contributed by atoms with Crippen LogP contribution in [-0.2, 0) is 22.5 Å². The molecule has 1 aromatic heterocycles. The first-order valence-electron chi connectivity index (χ1n) is 11.2. The van der Waals surface area contributed by atoms with Gasteiger partial charge in [0.1, 0.15) is 18.2 Å². The average Bonchev–Trinajstić information content (AvgIpc) is 3.31. The fraction of sp³-hybridized carbons (Fsp3) is 0.360. The Labute approximate surface area is 192 Å². The van der Waals surface area contributed by atoms with Gasteiger partial charge < -0.3 is 19.2 Å². The highest BCUT2D eigenvalue weighted by Crippen LogP contribution is 2.23. The van der Waals surface area contributed by atoms with Gasteiger partial charge in [0.15, 0.2) is 11.7 Å². The van der Waals surface area contributed by atoms with E-state index in [0.717, 1.165) is 44.2 Å². The summed E-state index contributed by atoms with van der Waals surface area (Å²) in [6.07, 6.45) is 2.05. The number of nitrogens with zero attached hydrogens (tertiary/aromatic N) is 2. The third-order valence-electron chi connectivity index (χ3n) is 5.43. The van der Waals surface area contributed by atoms with Crippen molar-refractivity contribution in [1.82, 2.24) is 15.2 Å². The fourth-order valence-electron chi connectivity index (χ4n) is 3.58. The standard InChI is InChI=1S/C25H28FN3O4/c26-22-7-2-1-6-21(22)23-18-28-25(33-23)9-8-24(30)27-17-19-4-3-5-20(16-19)32-15-12-29-10-13-31-14-11-29/h1-7,16,18H,8-15,17H2,(H,27,30). The molecule has 33 heavy (non-hydrogen) atoms. The lowest BCUT2D eigenvalue weighted by Gasteiger charge is -2.26. The van der Waals surface area contributed by atoms with Crippen molar-refractivity contribution >= 4 is 5.91 Å². The second-order valence-corrected chi connectivity index (χ2v) is 7.82. The molecule has 0 unspecified atom stereocenters. The Hall–Kier alpha value is -3.23. The van der Waals surface area contributed by atoms with Gasteiger partial charge in [-0.3, -0.25) is 9.69 Å². The first-order chi connectivity index (χ1) is 16.2. The van der Waals surface area contributed by atoms with Gasteiger partial charge in [0, 0.05) is 39.0 Å². The lowest BCUT2D eigenvalue weighted by Crippen LogP contribution is -2.38. The highest BCUT2D eigenvalue weighted by Gasteiger charge is 2.12. The number of rotatable bonds is 10. The number of amides is 1. The summed E-state index contributed by atoms with van der Waals surface area (Å²) in [6.45, 7) is 5.31. The number of oxazole rings is 1. The van der Waals surface area contributed by atoms with Gasteiger partial charge in [-0.2, -0.15) is 0 Å². The number of morpholine rings is 1. The van der Waals surface area contributed by atoms with Crippen molar-refractivity contribution in [3.63, 3.8) is 0 Å². The summed E-state index contributed by atoms with van der Waals surface area (Å²) in [7, 11) is 0. The molecule has 3 aromatic rings. The summed E-state index contributed by atoms with van der Waals surface area (Å²) < 4.78 is 30.7. The third kappa shape index (κ3) is 6.87. The second kappa shape index (κ2) is 11.6. The monoisotopic (exact) mass is 453 g/mol. The van der Waals surface area contributed by atoms with Crippen LogP contribution in [-0.4, -0.2) is 55.2 Å². The molecule has 0 spiro atoms. The number of ether oxygens (including phenoxy) is 2. The third-order valence-corrected chi connectivity index (χ3v) is 5.43. The van der Waals surface area contributed by atoms with E-state index in [-0.39, 0.29) is 18.1 Å². The van der Waals surface area contributed by atoms with Crippen molar-refractivity contribution in [2.75, 3.05) is 39.5 Å². The summed E-state index contributed by atoms with van der Waals surface area (Å²) in [6, 6.07) is 14.1. The second-order valence-electron chi connectivity index (χ2n) is 7.82. The van der Waals surface area contributed by atoms with E-state index in [9.17, 15) is 9.18 Å². The van der Waals surface area contributed by atoms with Crippen LogP contribution in [0.5, 0.6) is 5.75 Å². The SMILES string of the molecule is O=C(CCc1ncc(-c2ccccc2F)o1)NCc1cccc(OCCN2CCOCC2)c1. The number of aromatic nitrogens is 1. The van der Waals surface area contributed by atoms with E-state index in [0.29, 0.717) is 36.8 Å². The summed E-state index contributed by atoms with van der Waals surface area (Å²) >= 11 is 0. The van der Waals surface area contributed by atoms with Gasteiger partial charge in [-0.05, 0) is 29.8 Å². The van der Waals surface area contributed by atoms with E-state index in [2.05, 4.69) is 15.2 Å². The number of aryl methyl sites for hydroxylation is 1. The van der Waals surface area contributed by atoms with Gasteiger partial charge in [0.25, 0.3) is 0 Å². The smallest absolute Gasteiger partial charge is 0.220 e. The van der Waals surface area contributed by atoms with Gasteiger partial charge in [-0.1, -0.05) is 24.3 Å². The first kappa shape index (κ1) is 22.9. The lowest BCUT2D eigenvalue weighted by atomic mass is 10.2. The molecule has 1 fully saturated rings. The molecule has 0 atom stereocenters. The van der Waals surface area contributed by atoms with Crippen LogP contribution >= 0.6 is 0 Å². The molecule has 1 amide bonds. The first-order valence-corrected chi connectivity index (χ1v) is 11.2. The molecule has 7 nitrogen and oxygen atoms in total. The van der Waals surface area contributed by atoms with Crippen LogP contribution in [0.2, 0.25) is 0 Å². The minimum atomic E-state index is -0.370. The van der Waals surface area contributed by atoms with Crippen LogP contribution in [0.1, 0.15) is 17.9 Å². The number of carbonyl (C=O) groups excluding carboxylic acids is 1. The summed E-state index contributed by atoms with van der Waals surface area (Å²) in [5.41, 5.74) is 1.32.